The van der Waals surface area contributed by atoms with Crippen LogP contribution in [0.2, 0.25) is 0 Å². The molecule has 0 saturated carbocycles. The highest BCUT2D eigenvalue weighted by atomic mass is 19.1. The monoisotopic (exact) mass is 370 g/mol. The molecular weight excluding hydrogens is 351 g/mol. The zero-order valence-electron chi connectivity index (χ0n) is 14.7. The second-order valence-electron chi connectivity index (χ2n) is 5.82. The molecule has 3 N–H and O–H groups in total. The standard InChI is InChI=1S/C19H19FN4O3/c1-2-27-15-9-7-14(8-10-15)22-19-23-16(18(26)24-19)11-17(25)21-13-5-3-12(20)4-6-13/h3-10,16H,2,11H2,1H3,(H,21,25)(H2,22,23,24,26)/t16-/m1/s1. The van der Waals surface area contributed by atoms with E-state index in [0.29, 0.717) is 12.3 Å². The van der Waals surface area contributed by atoms with Crippen LogP contribution >= 0.6 is 0 Å². The van der Waals surface area contributed by atoms with Crippen molar-refractivity contribution in [3.05, 3.63) is 54.3 Å². The van der Waals surface area contributed by atoms with Gasteiger partial charge in [0.1, 0.15) is 17.6 Å². The summed E-state index contributed by atoms with van der Waals surface area (Å²) in [5.41, 5.74) is 1.19. The molecule has 1 atom stereocenters. The molecule has 1 aliphatic heterocycles. The predicted molar refractivity (Wildman–Crippen MR) is 100 cm³/mol. The molecule has 0 unspecified atom stereocenters. The fourth-order valence-corrected chi connectivity index (χ4v) is 2.51. The second kappa shape index (κ2) is 8.31. The molecule has 1 aliphatic rings. The van der Waals surface area contributed by atoms with E-state index in [1.54, 1.807) is 24.3 Å². The van der Waals surface area contributed by atoms with Gasteiger partial charge in [0.2, 0.25) is 11.9 Å². The number of hydrogen-bond acceptors (Lipinski definition) is 5. The van der Waals surface area contributed by atoms with E-state index in [1.807, 2.05) is 6.92 Å². The van der Waals surface area contributed by atoms with Gasteiger partial charge in [-0.2, -0.15) is 0 Å². The third kappa shape index (κ3) is 5.04. The third-order valence-corrected chi connectivity index (χ3v) is 3.76. The minimum atomic E-state index is -0.823. The van der Waals surface area contributed by atoms with Crippen molar-refractivity contribution in [2.45, 2.75) is 19.4 Å². The summed E-state index contributed by atoms with van der Waals surface area (Å²) in [6.07, 6.45) is -0.113. The number of anilines is 2. The Hall–Kier alpha value is -3.42. The van der Waals surface area contributed by atoms with Crippen molar-refractivity contribution in [3.8, 4) is 5.75 Å². The molecule has 7 nitrogen and oxygen atoms in total. The average Bonchev–Trinajstić information content (AvgIpc) is 2.98. The van der Waals surface area contributed by atoms with Crippen LogP contribution in [-0.4, -0.2) is 30.4 Å². The maximum absolute atomic E-state index is 12.9. The zero-order valence-corrected chi connectivity index (χ0v) is 14.7. The summed E-state index contributed by atoms with van der Waals surface area (Å²) in [6.45, 7) is 2.48. The van der Waals surface area contributed by atoms with Crippen LogP contribution in [0.15, 0.2) is 53.5 Å². The molecule has 0 aromatic heterocycles. The van der Waals surface area contributed by atoms with Crippen LogP contribution in [0.5, 0.6) is 5.75 Å². The first-order chi connectivity index (χ1) is 13.0. The molecule has 0 radical (unpaired) electrons. The van der Waals surface area contributed by atoms with Gasteiger partial charge in [0.25, 0.3) is 5.91 Å². The summed E-state index contributed by atoms with van der Waals surface area (Å²) in [5.74, 6) is -0.108. The Morgan fingerprint density at radius 3 is 2.48 bits per heavy atom. The van der Waals surface area contributed by atoms with Gasteiger partial charge in [-0.3, -0.25) is 14.9 Å². The van der Waals surface area contributed by atoms with Crippen LogP contribution in [0, 0.1) is 5.82 Å². The van der Waals surface area contributed by atoms with E-state index in [0.717, 1.165) is 11.4 Å². The predicted octanol–water partition coefficient (Wildman–Crippen LogP) is 2.52. The van der Waals surface area contributed by atoms with E-state index < -0.39 is 11.9 Å². The Morgan fingerprint density at radius 2 is 1.81 bits per heavy atom. The van der Waals surface area contributed by atoms with Crippen molar-refractivity contribution < 1.29 is 18.7 Å². The lowest BCUT2D eigenvalue weighted by Crippen LogP contribution is -2.33. The fraction of sp³-hybridized carbons (Fsp3) is 0.211. The summed E-state index contributed by atoms with van der Waals surface area (Å²) < 4.78 is 18.3. The van der Waals surface area contributed by atoms with E-state index in [9.17, 15) is 14.0 Å². The number of rotatable bonds is 6. The van der Waals surface area contributed by atoms with Gasteiger partial charge in [-0.15, -0.1) is 0 Å². The van der Waals surface area contributed by atoms with Gasteiger partial charge < -0.3 is 15.4 Å². The Kier molecular flexibility index (Phi) is 5.65. The lowest BCUT2D eigenvalue weighted by atomic mass is 10.2. The maximum atomic E-state index is 12.9. The molecule has 0 fully saturated rings. The smallest absolute Gasteiger partial charge is 0.252 e. The number of ether oxygens (including phenoxy) is 1. The molecule has 0 bridgehead atoms. The molecule has 27 heavy (non-hydrogen) atoms. The van der Waals surface area contributed by atoms with E-state index in [1.165, 1.54) is 24.3 Å². The number of aliphatic imine (C=N–C) groups is 1. The van der Waals surface area contributed by atoms with Gasteiger partial charge in [0.05, 0.1) is 13.0 Å². The minimum absolute atomic E-state index is 0.113. The third-order valence-electron chi connectivity index (χ3n) is 3.76. The average molecular weight is 370 g/mol. The number of benzene rings is 2. The summed E-state index contributed by atoms with van der Waals surface area (Å²) in [7, 11) is 0. The van der Waals surface area contributed by atoms with Gasteiger partial charge in [0.15, 0.2) is 0 Å². The van der Waals surface area contributed by atoms with Crippen LogP contribution < -0.4 is 20.7 Å². The summed E-state index contributed by atoms with van der Waals surface area (Å²) >= 11 is 0. The van der Waals surface area contributed by atoms with Crippen LogP contribution in [0.1, 0.15) is 13.3 Å². The second-order valence-corrected chi connectivity index (χ2v) is 5.82. The largest absolute Gasteiger partial charge is 0.494 e. The summed E-state index contributed by atoms with van der Waals surface area (Å²) in [4.78, 5) is 28.3. The molecule has 2 aromatic carbocycles. The highest BCUT2D eigenvalue weighted by molar-refractivity contribution is 6.11. The number of nitrogens with one attached hydrogen (secondary N) is 3. The number of nitrogens with zero attached hydrogens (tertiary/aromatic N) is 1. The maximum Gasteiger partial charge on any atom is 0.252 e. The van der Waals surface area contributed by atoms with E-state index >= 15 is 0 Å². The zero-order chi connectivity index (χ0) is 19.2. The number of halogens is 1. The minimum Gasteiger partial charge on any atom is -0.494 e. The highest BCUT2D eigenvalue weighted by Crippen LogP contribution is 2.17. The first-order valence-corrected chi connectivity index (χ1v) is 8.47. The van der Waals surface area contributed by atoms with Crippen molar-refractivity contribution in [2.24, 2.45) is 4.99 Å². The molecule has 1 heterocycles. The highest BCUT2D eigenvalue weighted by Gasteiger charge is 2.28. The van der Waals surface area contributed by atoms with Crippen LogP contribution in [0.4, 0.5) is 15.8 Å². The van der Waals surface area contributed by atoms with Crippen LogP contribution in [-0.2, 0) is 9.59 Å². The van der Waals surface area contributed by atoms with Gasteiger partial charge >= 0.3 is 0 Å². The molecule has 2 aromatic rings. The molecule has 3 rings (SSSR count). The molecule has 2 amide bonds. The Morgan fingerprint density at radius 1 is 1.15 bits per heavy atom. The van der Waals surface area contributed by atoms with Crippen LogP contribution in [0.3, 0.4) is 0 Å². The van der Waals surface area contributed by atoms with Gasteiger partial charge in [-0.1, -0.05) is 0 Å². The number of guanidine groups is 1. The quantitative estimate of drug-likeness (QED) is 0.729. The number of carbonyl (C=O) groups excluding carboxylic acids is 2. The topological polar surface area (TPSA) is 91.8 Å². The number of hydrogen-bond donors (Lipinski definition) is 3. The summed E-state index contributed by atoms with van der Waals surface area (Å²) in [6, 6.07) is 11.8. The van der Waals surface area contributed by atoms with Crippen molar-refractivity contribution >= 4 is 29.1 Å². The lowest BCUT2D eigenvalue weighted by molar-refractivity contribution is -0.123. The van der Waals surface area contributed by atoms with Crippen molar-refractivity contribution in [1.29, 1.82) is 0 Å². The van der Waals surface area contributed by atoms with E-state index in [-0.39, 0.29) is 24.2 Å². The lowest BCUT2D eigenvalue weighted by Gasteiger charge is -2.07. The van der Waals surface area contributed by atoms with Crippen LogP contribution in [0.25, 0.3) is 0 Å². The molecule has 0 saturated heterocycles. The Balaban J connectivity index is 1.56. The van der Waals surface area contributed by atoms with E-state index in [2.05, 4.69) is 20.9 Å². The first kappa shape index (κ1) is 18.4. The Labute approximate surface area is 155 Å². The number of amides is 2. The normalized spacial score (nSPS) is 15.7. The summed E-state index contributed by atoms with van der Waals surface area (Å²) in [5, 5.41) is 8.21. The molecule has 0 spiro atoms. The van der Waals surface area contributed by atoms with Gasteiger partial charge in [-0.05, 0) is 55.5 Å². The molecule has 0 aliphatic carbocycles. The Bertz CT molecular complexity index is 850. The van der Waals surface area contributed by atoms with Gasteiger partial charge in [-0.25, -0.2) is 9.38 Å². The van der Waals surface area contributed by atoms with Crippen molar-refractivity contribution in [3.63, 3.8) is 0 Å². The van der Waals surface area contributed by atoms with Crippen molar-refractivity contribution in [2.75, 3.05) is 17.2 Å². The molecule has 140 valence electrons. The van der Waals surface area contributed by atoms with Gasteiger partial charge in [0, 0.05) is 11.4 Å². The van der Waals surface area contributed by atoms with E-state index in [4.69, 9.17) is 4.74 Å². The number of carbonyl (C=O) groups is 2. The van der Waals surface area contributed by atoms with Crippen molar-refractivity contribution in [1.82, 2.24) is 5.32 Å². The molecular formula is C19H19FN4O3. The first-order valence-electron chi connectivity index (χ1n) is 8.47. The molecule has 8 heteroatoms. The fourth-order valence-electron chi connectivity index (χ4n) is 2.51. The SMILES string of the molecule is CCOc1ccc(NC2=N[C@H](CC(=O)Nc3ccc(F)cc3)C(=O)N2)cc1.